The Morgan fingerprint density at radius 3 is 2.91 bits per heavy atom. The van der Waals surface area contributed by atoms with Crippen molar-refractivity contribution in [1.29, 1.82) is 0 Å². The first-order chi connectivity index (χ1) is 10.7. The van der Waals surface area contributed by atoms with Gasteiger partial charge in [0.2, 0.25) is 0 Å². The summed E-state index contributed by atoms with van der Waals surface area (Å²) in [6.07, 6.45) is 3.11. The lowest BCUT2D eigenvalue weighted by Crippen LogP contribution is -2.22. The van der Waals surface area contributed by atoms with Crippen molar-refractivity contribution in [3.8, 4) is 5.75 Å². The molecule has 0 atom stereocenters. The van der Waals surface area contributed by atoms with E-state index in [1.54, 1.807) is 31.5 Å². The Bertz CT molecular complexity index is 902. The van der Waals surface area contributed by atoms with Crippen molar-refractivity contribution in [2.24, 2.45) is 0 Å². The predicted molar refractivity (Wildman–Crippen MR) is 83.3 cm³/mol. The van der Waals surface area contributed by atoms with Gasteiger partial charge in [0.25, 0.3) is 11.5 Å². The van der Waals surface area contributed by atoms with Crippen molar-refractivity contribution >= 4 is 22.5 Å². The number of H-pyrrole nitrogens is 1. The van der Waals surface area contributed by atoms with Crippen LogP contribution in [0.4, 0.5) is 5.69 Å². The van der Waals surface area contributed by atoms with E-state index >= 15 is 0 Å². The van der Waals surface area contributed by atoms with Crippen LogP contribution in [-0.2, 0) is 0 Å². The number of nitrogens with zero attached hydrogens (tertiary/aromatic N) is 1. The SMILES string of the molecule is COc1cc(NC(=O)c2ccc[nH]c2=O)c2ncccc2c1. The van der Waals surface area contributed by atoms with E-state index in [1.807, 2.05) is 12.1 Å². The van der Waals surface area contributed by atoms with Crippen LogP contribution in [0.5, 0.6) is 5.75 Å². The van der Waals surface area contributed by atoms with Gasteiger partial charge < -0.3 is 15.0 Å². The number of pyridine rings is 2. The third kappa shape index (κ3) is 2.54. The molecule has 2 N–H and O–H groups in total. The van der Waals surface area contributed by atoms with E-state index in [9.17, 15) is 9.59 Å². The minimum absolute atomic E-state index is 0.0365. The second-order valence-corrected chi connectivity index (χ2v) is 4.62. The standard InChI is InChI=1S/C16H13N3O3/c1-22-11-8-10-4-2-6-17-14(10)13(9-11)19-16(21)12-5-3-7-18-15(12)20/h2-9H,1H3,(H,18,20)(H,19,21). The van der Waals surface area contributed by atoms with Gasteiger partial charge in [0, 0.05) is 23.8 Å². The lowest BCUT2D eigenvalue weighted by Gasteiger charge is -2.10. The molecule has 110 valence electrons. The minimum Gasteiger partial charge on any atom is -0.497 e. The lowest BCUT2D eigenvalue weighted by molar-refractivity contribution is 0.102. The van der Waals surface area contributed by atoms with Gasteiger partial charge in [0.1, 0.15) is 11.3 Å². The highest BCUT2D eigenvalue weighted by Crippen LogP contribution is 2.27. The molecule has 6 heteroatoms. The van der Waals surface area contributed by atoms with Crippen LogP contribution in [0.2, 0.25) is 0 Å². The monoisotopic (exact) mass is 295 g/mol. The van der Waals surface area contributed by atoms with Crippen molar-refractivity contribution < 1.29 is 9.53 Å². The molecule has 3 aromatic rings. The van der Waals surface area contributed by atoms with Crippen molar-refractivity contribution in [3.63, 3.8) is 0 Å². The van der Waals surface area contributed by atoms with E-state index in [0.29, 0.717) is 17.0 Å². The van der Waals surface area contributed by atoms with Gasteiger partial charge in [0.15, 0.2) is 0 Å². The first kappa shape index (κ1) is 13.8. The molecule has 1 aromatic carbocycles. The average Bonchev–Trinajstić information content (AvgIpc) is 2.55. The quantitative estimate of drug-likeness (QED) is 0.775. The molecule has 0 bridgehead atoms. The van der Waals surface area contributed by atoms with E-state index in [1.165, 1.54) is 12.3 Å². The largest absolute Gasteiger partial charge is 0.497 e. The Morgan fingerprint density at radius 2 is 2.14 bits per heavy atom. The van der Waals surface area contributed by atoms with Crippen molar-refractivity contribution in [2.75, 3.05) is 12.4 Å². The van der Waals surface area contributed by atoms with E-state index in [2.05, 4.69) is 15.3 Å². The number of methoxy groups -OCH3 is 1. The highest BCUT2D eigenvalue weighted by molar-refractivity contribution is 6.08. The Morgan fingerprint density at radius 1 is 1.27 bits per heavy atom. The molecule has 2 aromatic heterocycles. The summed E-state index contributed by atoms with van der Waals surface area (Å²) in [6, 6.07) is 10.2. The summed E-state index contributed by atoms with van der Waals surface area (Å²) in [4.78, 5) is 30.7. The van der Waals surface area contributed by atoms with Crippen LogP contribution in [0, 0.1) is 0 Å². The third-order valence-electron chi connectivity index (χ3n) is 3.23. The fourth-order valence-corrected chi connectivity index (χ4v) is 2.17. The van der Waals surface area contributed by atoms with Gasteiger partial charge in [-0.15, -0.1) is 0 Å². The lowest BCUT2D eigenvalue weighted by atomic mass is 10.1. The van der Waals surface area contributed by atoms with E-state index < -0.39 is 11.5 Å². The Kier molecular flexibility index (Phi) is 3.57. The van der Waals surface area contributed by atoms with Gasteiger partial charge in [-0.05, 0) is 24.3 Å². The topological polar surface area (TPSA) is 84.1 Å². The van der Waals surface area contributed by atoms with Gasteiger partial charge in [0.05, 0.1) is 18.3 Å². The second-order valence-electron chi connectivity index (χ2n) is 4.62. The molecular weight excluding hydrogens is 282 g/mol. The van der Waals surface area contributed by atoms with E-state index in [4.69, 9.17) is 4.74 Å². The van der Waals surface area contributed by atoms with Crippen LogP contribution in [-0.4, -0.2) is 23.0 Å². The highest BCUT2D eigenvalue weighted by Gasteiger charge is 2.13. The maximum Gasteiger partial charge on any atom is 0.261 e. The Hall–Kier alpha value is -3.15. The zero-order valence-electron chi connectivity index (χ0n) is 11.8. The number of aromatic nitrogens is 2. The molecule has 3 rings (SSSR count). The minimum atomic E-state index is -0.498. The summed E-state index contributed by atoms with van der Waals surface area (Å²) in [7, 11) is 1.55. The molecular formula is C16H13N3O3. The summed E-state index contributed by atoms with van der Waals surface area (Å²) >= 11 is 0. The molecule has 0 aliphatic rings. The first-order valence-electron chi connectivity index (χ1n) is 6.61. The number of carbonyl (C=O) groups excluding carboxylic acids is 1. The average molecular weight is 295 g/mol. The maximum absolute atomic E-state index is 12.3. The van der Waals surface area contributed by atoms with Crippen molar-refractivity contribution in [3.05, 3.63) is 64.7 Å². The third-order valence-corrected chi connectivity index (χ3v) is 3.23. The summed E-state index contributed by atoms with van der Waals surface area (Å²) in [6.45, 7) is 0. The maximum atomic E-state index is 12.3. The molecule has 0 spiro atoms. The van der Waals surface area contributed by atoms with E-state index in [-0.39, 0.29) is 5.56 Å². The summed E-state index contributed by atoms with van der Waals surface area (Å²) in [5.41, 5.74) is 0.710. The van der Waals surface area contributed by atoms with Crippen LogP contribution in [0.3, 0.4) is 0 Å². The van der Waals surface area contributed by atoms with Crippen LogP contribution in [0.1, 0.15) is 10.4 Å². The number of ether oxygens (including phenoxy) is 1. The van der Waals surface area contributed by atoms with Crippen LogP contribution < -0.4 is 15.6 Å². The zero-order chi connectivity index (χ0) is 15.5. The predicted octanol–water partition coefficient (Wildman–Crippen LogP) is 2.18. The molecule has 0 unspecified atom stereocenters. The normalized spacial score (nSPS) is 10.4. The number of amides is 1. The molecule has 22 heavy (non-hydrogen) atoms. The van der Waals surface area contributed by atoms with Crippen LogP contribution >= 0.6 is 0 Å². The number of anilines is 1. The molecule has 0 saturated carbocycles. The van der Waals surface area contributed by atoms with Gasteiger partial charge >= 0.3 is 0 Å². The number of aromatic amines is 1. The molecule has 2 heterocycles. The molecule has 0 saturated heterocycles. The molecule has 0 radical (unpaired) electrons. The number of rotatable bonds is 3. The molecule has 0 aliphatic carbocycles. The molecule has 0 aliphatic heterocycles. The fourth-order valence-electron chi connectivity index (χ4n) is 2.17. The number of hydrogen-bond donors (Lipinski definition) is 2. The van der Waals surface area contributed by atoms with Crippen molar-refractivity contribution in [1.82, 2.24) is 9.97 Å². The number of hydrogen-bond acceptors (Lipinski definition) is 4. The summed E-state index contributed by atoms with van der Waals surface area (Å²) in [5.74, 6) is 0.0971. The van der Waals surface area contributed by atoms with Gasteiger partial charge in [-0.2, -0.15) is 0 Å². The van der Waals surface area contributed by atoms with E-state index in [0.717, 1.165) is 5.39 Å². The zero-order valence-corrected chi connectivity index (χ0v) is 11.8. The number of carbonyl (C=O) groups is 1. The fraction of sp³-hybridized carbons (Fsp3) is 0.0625. The first-order valence-corrected chi connectivity index (χ1v) is 6.61. The van der Waals surface area contributed by atoms with Gasteiger partial charge in [-0.25, -0.2) is 0 Å². The number of nitrogens with one attached hydrogen (secondary N) is 2. The summed E-state index contributed by atoms with van der Waals surface area (Å²) < 4.78 is 5.23. The summed E-state index contributed by atoms with van der Waals surface area (Å²) in [5, 5.41) is 3.55. The molecule has 0 fully saturated rings. The molecule has 6 nitrogen and oxygen atoms in total. The highest BCUT2D eigenvalue weighted by atomic mass is 16.5. The van der Waals surface area contributed by atoms with Gasteiger partial charge in [-0.3, -0.25) is 14.6 Å². The number of benzene rings is 1. The number of fused-ring (bicyclic) bond motifs is 1. The van der Waals surface area contributed by atoms with Crippen LogP contribution in [0.15, 0.2) is 53.6 Å². The smallest absolute Gasteiger partial charge is 0.261 e. The van der Waals surface area contributed by atoms with Crippen LogP contribution in [0.25, 0.3) is 10.9 Å². The Labute approximate surface area is 125 Å². The Balaban J connectivity index is 2.05. The second kappa shape index (κ2) is 5.69. The molecule has 1 amide bonds. The van der Waals surface area contributed by atoms with Gasteiger partial charge in [-0.1, -0.05) is 6.07 Å². The van der Waals surface area contributed by atoms with Crippen molar-refractivity contribution in [2.45, 2.75) is 0 Å².